The van der Waals surface area contributed by atoms with E-state index in [1.807, 2.05) is 6.92 Å². The van der Waals surface area contributed by atoms with Crippen LogP contribution in [0.2, 0.25) is 0 Å². The summed E-state index contributed by atoms with van der Waals surface area (Å²) in [6.07, 6.45) is 1.04. The Kier molecular flexibility index (Phi) is 3.94. The Morgan fingerprint density at radius 2 is 2.35 bits per heavy atom. The van der Waals surface area contributed by atoms with E-state index in [1.54, 1.807) is 12.1 Å². The average molecular weight is 300 g/mol. The van der Waals surface area contributed by atoms with Crippen molar-refractivity contribution in [3.05, 3.63) is 34.1 Å². The third kappa shape index (κ3) is 2.93. The first-order valence-corrected chi connectivity index (χ1v) is 6.57. The summed E-state index contributed by atoms with van der Waals surface area (Å²) in [5.41, 5.74) is 0.475. The van der Waals surface area contributed by atoms with Gasteiger partial charge in [-0.2, -0.15) is 0 Å². The van der Waals surface area contributed by atoms with Gasteiger partial charge in [0.2, 0.25) is 0 Å². The van der Waals surface area contributed by atoms with E-state index in [0.29, 0.717) is 5.56 Å². The summed E-state index contributed by atoms with van der Waals surface area (Å²) < 4.78 is 14.3. The van der Waals surface area contributed by atoms with E-state index in [9.17, 15) is 9.18 Å². The minimum Gasteiger partial charge on any atom is -0.314 e. The van der Waals surface area contributed by atoms with E-state index in [-0.39, 0.29) is 30.0 Å². The van der Waals surface area contributed by atoms with Gasteiger partial charge in [-0.3, -0.25) is 4.79 Å². The minimum atomic E-state index is -0.305. The first-order chi connectivity index (χ1) is 8.08. The maximum Gasteiger partial charge on any atom is 0.142 e. The Bertz CT molecular complexity index is 435. The monoisotopic (exact) mass is 299 g/mol. The van der Waals surface area contributed by atoms with Crippen LogP contribution >= 0.6 is 15.9 Å². The van der Waals surface area contributed by atoms with Crippen LogP contribution in [0.1, 0.15) is 18.9 Å². The molecule has 92 valence electrons. The van der Waals surface area contributed by atoms with E-state index in [4.69, 9.17) is 0 Å². The normalized spacial score (nSPS) is 23.9. The zero-order chi connectivity index (χ0) is 12.4. The SMILES string of the molecule is CC1NCCC1C(=O)Cc1cc(Br)ccc1F. The molecule has 0 bridgehead atoms. The van der Waals surface area contributed by atoms with Gasteiger partial charge in [-0.25, -0.2) is 4.39 Å². The molecule has 1 heterocycles. The van der Waals surface area contributed by atoms with Crippen molar-refractivity contribution in [1.29, 1.82) is 0 Å². The van der Waals surface area contributed by atoms with Crippen molar-refractivity contribution in [2.45, 2.75) is 25.8 Å². The molecule has 2 nitrogen and oxygen atoms in total. The van der Waals surface area contributed by atoms with Gasteiger partial charge in [0, 0.05) is 22.9 Å². The number of carbonyl (C=O) groups excluding carboxylic acids is 1. The lowest BCUT2D eigenvalue weighted by Crippen LogP contribution is -2.29. The predicted molar refractivity (Wildman–Crippen MR) is 68.4 cm³/mol. The molecule has 0 aromatic heterocycles. The van der Waals surface area contributed by atoms with Gasteiger partial charge < -0.3 is 5.32 Å². The molecule has 1 N–H and O–H groups in total. The molecule has 1 aliphatic rings. The maximum atomic E-state index is 13.5. The van der Waals surface area contributed by atoms with Crippen molar-refractivity contribution in [3.63, 3.8) is 0 Å². The summed E-state index contributed by atoms with van der Waals surface area (Å²) >= 11 is 3.29. The number of rotatable bonds is 3. The highest BCUT2D eigenvalue weighted by Gasteiger charge is 2.29. The molecule has 0 radical (unpaired) electrons. The highest BCUT2D eigenvalue weighted by atomic mass is 79.9. The summed E-state index contributed by atoms with van der Waals surface area (Å²) in [5, 5.41) is 3.24. The van der Waals surface area contributed by atoms with E-state index >= 15 is 0 Å². The molecule has 1 saturated heterocycles. The van der Waals surface area contributed by atoms with Gasteiger partial charge in [-0.05, 0) is 43.7 Å². The number of ketones is 1. The number of Topliss-reactive ketones (excluding diaryl/α,β-unsaturated/α-hetero) is 1. The second-order valence-corrected chi connectivity index (χ2v) is 5.43. The van der Waals surface area contributed by atoms with Crippen molar-refractivity contribution in [2.75, 3.05) is 6.54 Å². The van der Waals surface area contributed by atoms with Crippen LogP contribution in [0.5, 0.6) is 0 Å². The number of carbonyl (C=O) groups is 1. The van der Waals surface area contributed by atoms with Crippen LogP contribution in [0.3, 0.4) is 0 Å². The van der Waals surface area contributed by atoms with Crippen LogP contribution in [0.4, 0.5) is 4.39 Å². The highest BCUT2D eigenvalue weighted by Crippen LogP contribution is 2.21. The minimum absolute atomic E-state index is 0.0216. The van der Waals surface area contributed by atoms with E-state index < -0.39 is 0 Å². The van der Waals surface area contributed by atoms with Gasteiger partial charge in [-0.1, -0.05) is 15.9 Å². The van der Waals surface area contributed by atoms with Crippen molar-refractivity contribution < 1.29 is 9.18 Å². The average Bonchev–Trinajstić information content (AvgIpc) is 2.70. The fourth-order valence-electron chi connectivity index (χ4n) is 2.30. The molecule has 0 aliphatic carbocycles. The van der Waals surface area contributed by atoms with Crippen LogP contribution in [0.25, 0.3) is 0 Å². The molecule has 1 aliphatic heterocycles. The maximum absolute atomic E-state index is 13.5. The highest BCUT2D eigenvalue weighted by molar-refractivity contribution is 9.10. The lowest BCUT2D eigenvalue weighted by atomic mass is 9.92. The Labute approximate surface area is 109 Å². The molecule has 2 rings (SSSR count). The molecule has 1 aromatic rings. The molecule has 0 saturated carbocycles. The Morgan fingerprint density at radius 3 is 3.00 bits per heavy atom. The molecule has 2 atom stereocenters. The number of halogens is 2. The smallest absolute Gasteiger partial charge is 0.142 e. The Hall–Kier alpha value is -0.740. The topological polar surface area (TPSA) is 29.1 Å². The first-order valence-electron chi connectivity index (χ1n) is 5.78. The van der Waals surface area contributed by atoms with Crippen LogP contribution < -0.4 is 5.32 Å². The van der Waals surface area contributed by atoms with Crippen molar-refractivity contribution in [1.82, 2.24) is 5.32 Å². The fourth-order valence-corrected chi connectivity index (χ4v) is 2.70. The van der Waals surface area contributed by atoms with Gasteiger partial charge in [-0.15, -0.1) is 0 Å². The zero-order valence-corrected chi connectivity index (χ0v) is 11.3. The zero-order valence-electron chi connectivity index (χ0n) is 9.67. The summed E-state index contributed by atoms with van der Waals surface area (Å²) in [4.78, 5) is 12.1. The molecule has 1 aromatic carbocycles. The molecule has 1 fully saturated rings. The largest absolute Gasteiger partial charge is 0.314 e. The number of nitrogens with one attached hydrogen (secondary N) is 1. The van der Waals surface area contributed by atoms with Gasteiger partial charge in [0.15, 0.2) is 0 Å². The van der Waals surface area contributed by atoms with Crippen molar-refractivity contribution in [2.24, 2.45) is 5.92 Å². The van der Waals surface area contributed by atoms with Crippen LogP contribution in [-0.2, 0) is 11.2 Å². The fraction of sp³-hybridized carbons (Fsp3) is 0.462. The summed E-state index contributed by atoms with van der Waals surface area (Å²) in [6, 6.07) is 4.92. The summed E-state index contributed by atoms with van der Waals surface area (Å²) in [7, 11) is 0. The van der Waals surface area contributed by atoms with Crippen LogP contribution in [-0.4, -0.2) is 18.4 Å². The molecular weight excluding hydrogens is 285 g/mol. The van der Waals surface area contributed by atoms with E-state index in [0.717, 1.165) is 17.4 Å². The van der Waals surface area contributed by atoms with Gasteiger partial charge in [0.1, 0.15) is 11.6 Å². The molecule has 0 amide bonds. The second-order valence-electron chi connectivity index (χ2n) is 4.52. The van der Waals surface area contributed by atoms with Crippen LogP contribution in [0, 0.1) is 11.7 Å². The second kappa shape index (κ2) is 5.27. The van der Waals surface area contributed by atoms with Crippen molar-refractivity contribution >= 4 is 21.7 Å². The standard InChI is InChI=1S/C13H15BrFNO/c1-8-11(4-5-16-8)13(17)7-9-6-10(14)2-3-12(9)15/h2-3,6,8,11,16H,4-5,7H2,1H3. The summed E-state index contributed by atoms with van der Waals surface area (Å²) in [6.45, 7) is 2.88. The van der Waals surface area contributed by atoms with E-state index in [1.165, 1.54) is 6.07 Å². The molecule has 4 heteroatoms. The van der Waals surface area contributed by atoms with Crippen LogP contribution in [0.15, 0.2) is 22.7 Å². The lowest BCUT2D eigenvalue weighted by molar-refractivity contribution is -0.122. The molecule has 0 spiro atoms. The number of hydrogen-bond acceptors (Lipinski definition) is 2. The first kappa shape index (κ1) is 12.7. The predicted octanol–water partition coefficient (Wildman–Crippen LogP) is 2.70. The number of benzene rings is 1. The van der Waals surface area contributed by atoms with Gasteiger partial charge >= 0.3 is 0 Å². The Balaban J connectivity index is 2.10. The summed E-state index contributed by atoms with van der Waals surface area (Å²) in [5.74, 6) is -0.159. The molecule has 17 heavy (non-hydrogen) atoms. The third-order valence-electron chi connectivity index (χ3n) is 3.31. The Morgan fingerprint density at radius 1 is 1.59 bits per heavy atom. The van der Waals surface area contributed by atoms with Gasteiger partial charge in [0.25, 0.3) is 0 Å². The number of hydrogen-bond donors (Lipinski definition) is 1. The molecular formula is C13H15BrFNO. The molecule has 2 unspecified atom stereocenters. The van der Waals surface area contributed by atoms with Crippen molar-refractivity contribution in [3.8, 4) is 0 Å². The lowest BCUT2D eigenvalue weighted by Gasteiger charge is -2.14. The van der Waals surface area contributed by atoms with E-state index in [2.05, 4.69) is 21.2 Å². The quantitative estimate of drug-likeness (QED) is 0.930. The third-order valence-corrected chi connectivity index (χ3v) is 3.80. The van der Waals surface area contributed by atoms with Gasteiger partial charge in [0.05, 0.1) is 0 Å².